The minimum atomic E-state index is -0.0960. The van der Waals surface area contributed by atoms with Gasteiger partial charge in [-0.25, -0.2) is 9.97 Å². The van der Waals surface area contributed by atoms with Crippen LogP contribution in [0, 0.1) is 0 Å². The molecule has 0 spiro atoms. The first-order valence-electron chi connectivity index (χ1n) is 5.49. The zero-order chi connectivity index (χ0) is 11.6. The van der Waals surface area contributed by atoms with E-state index in [1.165, 1.54) is 0 Å². The molecule has 0 saturated carbocycles. The number of anilines is 1. The van der Waals surface area contributed by atoms with Crippen molar-refractivity contribution in [3.05, 3.63) is 17.4 Å². The Balaban J connectivity index is 2.12. The molecule has 0 amide bonds. The summed E-state index contributed by atoms with van der Waals surface area (Å²) in [6.45, 7) is 6.62. The van der Waals surface area contributed by atoms with Gasteiger partial charge in [0.15, 0.2) is 0 Å². The first-order chi connectivity index (χ1) is 7.63. The van der Waals surface area contributed by atoms with E-state index in [9.17, 15) is 0 Å². The van der Waals surface area contributed by atoms with Crippen LogP contribution in [0.5, 0.6) is 0 Å². The van der Waals surface area contributed by atoms with Gasteiger partial charge in [0.2, 0.25) is 5.95 Å². The normalized spacial score (nSPS) is 25.8. The zero-order valence-corrected chi connectivity index (χ0v) is 10.4. The lowest BCUT2D eigenvalue weighted by molar-refractivity contribution is -0.0445. The quantitative estimate of drug-likeness (QED) is 0.795. The molecule has 16 heavy (non-hydrogen) atoms. The molecule has 1 saturated heterocycles. The molecular weight excluding hydrogens is 226 g/mol. The van der Waals surface area contributed by atoms with E-state index >= 15 is 0 Å². The molecule has 1 atom stereocenters. The third kappa shape index (κ3) is 2.44. The van der Waals surface area contributed by atoms with Gasteiger partial charge in [0.25, 0.3) is 0 Å². The minimum Gasteiger partial charge on any atom is -0.372 e. The average Bonchev–Trinajstić information content (AvgIpc) is 2.30. The number of aromatic nitrogens is 2. The third-order valence-electron chi connectivity index (χ3n) is 2.97. The monoisotopic (exact) mass is 241 g/mol. The maximum atomic E-state index is 5.77. The van der Waals surface area contributed by atoms with E-state index in [1.54, 1.807) is 12.4 Å². The van der Waals surface area contributed by atoms with Gasteiger partial charge in [-0.2, -0.15) is 0 Å². The van der Waals surface area contributed by atoms with E-state index < -0.39 is 0 Å². The van der Waals surface area contributed by atoms with E-state index in [4.69, 9.17) is 16.3 Å². The van der Waals surface area contributed by atoms with Crippen LogP contribution >= 0.6 is 11.6 Å². The summed E-state index contributed by atoms with van der Waals surface area (Å²) in [6.07, 6.45) is 4.24. The second-order valence-electron chi connectivity index (χ2n) is 4.27. The predicted octanol–water partition coefficient (Wildman–Crippen LogP) is 2.14. The summed E-state index contributed by atoms with van der Waals surface area (Å²) >= 11 is 5.77. The van der Waals surface area contributed by atoms with Gasteiger partial charge in [-0.3, -0.25) is 0 Å². The summed E-state index contributed by atoms with van der Waals surface area (Å²) in [5.74, 6) is 0.729. The van der Waals surface area contributed by atoms with E-state index in [0.29, 0.717) is 5.02 Å². The number of ether oxygens (including phenoxy) is 1. The standard InChI is InChI=1S/C11H16ClN3O/c1-3-11(2)8-15(4-5-16-11)10-13-6-9(12)7-14-10/h6-7H,3-5,8H2,1-2H3. The molecule has 1 aliphatic heterocycles. The van der Waals surface area contributed by atoms with Gasteiger partial charge >= 0.3 is 0 Å². The molecule has 4 nitrogen and oxygen atoms in total. The molecule has 2 heterocycles. The number of hydrogen-bond donors (Lipinski definition) is 0. The average molecular weight is 242 g/mol. The molecular formula is C11H16ClN3O. The van der Waals surface area contributed by atoms with Crippen molar-refractivity contribution in [1.82, 2.24) is 9.97 Å². The van der Waals surface area contributed by atoms with Crippen molar-refractivity contribution < 1.29 is 4.74 Å². The lowest BCUT2D eigenvalue weighted by Gasteiger charge is -2.39. The number of nitrogens with zero attached hydrogens (tertiary/aromatic N) is 3. The van der Waals surface area contributed by atoms with Gasteiger partial charge in [-0.15, -0.1) is 0 Å². The molecule has 0 aliphatic carbocycles. The van der Waals surface area contributed by atoms with Gasteiger partial charge < -0.3 is 9.64 Å². The number of rotatable bonds is 2. The van der Waals surface area contributed by atoms with Crippen molar-refractivity contribution in [3.63, 3.8) is 0 Å². The summed E-state index contributed by atoms with van der Waals surface area (Å²) in [5, 5.41) is 0.565. The number of halogens is 1. The Morgan fingerprint density at radius 1 is 1.50 bits per heavy atom. The lowest BCUT2D eigenvalue weighted by Crippen LogP contribution is -2.50. The van der Waals surface area contributed by atoms with Gasteiger partial charge in [0, 0.05) is 13.1 Å². The van der Waals surface area contributed by atoms with Crippen molar-refractivity contribution in [1.29, 1.82) is 0 Å². The zero-order valence-electron chi connectivity index (χ0n) is 9.61. The highest BCUT2D eigenvalue weighted by molar-refractivity contribution is 6.30. The van der Waals surface area contributed by atoms with Crippen LogP contribution in [0.2, 0.25) is 5.02 Å². The second kappa shape index (κ2) is 4.55. The van der Waals surface area contributed by atoms with Gasteiger partial charge in [-0.1, -0.05) is 18.5 Å². The molecule has 1 aromatic heterocycles. The Morgan fingerprint density at radius 3 is 2.81 bits per heavy atom. The van der Waals surface area contributed by atoms with Gasteiger partial charge in [0.05, 0.1) is 29.6 Å². The topological polar surface area (TPSA) is 38.2 Å². The molecule has 2 rings (SSSR count). The van der Waals surface area contributed by atoms with Crippen molar-refractivity contribution in [2.75, 3.05) is 24.6 Å². The summed E-state index contributed by atoms with van der Waals surface area (Å²) in [5.41, 5.74) is -0.0960. The first-order valence-corrected chi connectivity index (χ1v) is 5.87. The fraction of sp³-hybridized carbons (Fsp3) is 0.636. The molecule has 1 aromatic rings. The first kappa shape index (κ1) is 11.6. The molecule has 1 fully saturated rings. The molecule has 0 aromatic carbocycles. The second-order valence-corrected chi connectivity index (χ2v) is 4.71. The van der Waals surface area contributed by atoms with Crippen LogP contribution in [0.25, 0.3) is 0 Å². The Kier molecular flexibility index (Phi) is 3.30. The number of hydrogen-bond acceptors (Lipinski definition) is 4. The van der Waals surface area contributed by atoms with Crippen molar-refractivity contribution >= 4 is 17.5 Å². The molecule has 0 N–H and O–H groups in total. The highest BCUT2D eigenvalue weighted by Gasteiger charge is 2.31. The van der Waals surface area contributed by atoms with Gasteiger partial charge in [0.1, 0.15) is 0 Å². The Morgan fingerprint density at radius 2 is 2.19 bits per heavy atom. The van der Waals surface area contributed by atoms with Crippen LogP contribution in [0.1, 0.15) is 20.3 Å². The third-order valence-corrected chi connectivity index (χ3v) is 3.17. The van der Waals surface area contributed by atoms with Crippen LogP contribution in [0.3, 0.4) is 0 Å². The maximum absolute atomic E-state index is 5.77. The highest BCUT2D eigenvalue weighted by atomic mass is 35.5. The van der Waals surface area contributed by atoms with Gasteiger partial charge in [-0.05, 0) is 13.3 Å². The van der Waals surface area contributed by atoms with Crippen molar-refractivity contribution in [2.24, 2.45) is 0 Å². The number of morpholine rings is 1. The maximum Gasteiger partial charge on any atom is 0.225 e. The van der Waals surface area contributed by atoms with E-state index in [2.05, 4.69) is 28.7 Å². The fourth-order valence-electron chi connectivity index (χ4n) is 1.78. The summed E-state index contributed by atoms with van der Waals surface area (Å²) in [6, 6.07) is 0. The molecule has 88 valence electrons. The molecule has 0 bridgehead atoms. The van der Waals surface area contributed by atoms with E-state index in [1.807, 2.05) is 0 Å². The molecule has 5 heteroatoms. The largest absolute Gasteiger partial charge is 0.372 e. The summed E-state index contributed by atoms with van der Waals surface area (Å²) in [7, 11) is 0. The Hall–Kier alpha value is -0.870. The van der Waals surface area contributed by atoms with Crippen LogP contribution in [0.4, 0.5) is 5.95 Å². The van der Waals surface area contributed by atoms with Crippen molar-refractivity contribution in [2.45, 2.75) is 25.9 Å². The lowest BCUT2D eigenvalue weighted by atomic mass is 10.0. The van der Waals surface area contributed by atoms with Crippen LogP contribution in [-0.4, -0.2) is 35.3 Å². The molecule has 1 aliphatic rings. The summed E-state index contributed by atoms with van der Waals surface area (Å²) in [4.78, 5) is 10.6. The fourth-order valence-corrected chi connectivity index (χ4v) is 1.88. The smallest absolute Gasteiger partial charge is 0.225 e. The van der Waals surface area contributed by atoms with Crippen LogP contribution < -0.4 is 4.90 Å². The van der Waals surface area contributed by atoms with Crippen LogP contribution in [-0.2, 0) is 4.74 Å². The van der Waals surface area contributed by atoms with E-state index in [-0.39, 0.29) is 5.60 Å². The SMILES string of the molecule is CCC1(C)CN(c2ncc(Cl)cn2)CCO1. The van der Waals surface area contributed by atoms with Crippen molar-refractivity contribution in [3.8, 4) is 0 Å². The van der Waals surface area contributed by atoms with Crippen LogP contribution in [0.15, 0.2) is 12.4 Å². The minimum absolute atomic E-state index is 0.0960. The van der Waals surface area contributed by atoms with E-state index in [0.717, 1.165) is 32.1 Å². The molecule has 1 unspecified atom stereocenters. The molecule has 0 radical (unpaired) electrons. The highest BCUT2D eigenvalue weighted by Crippen LogP contribution is 2.23. The Bertz CT molecular complexity index is 357. The summed E-state index contributed by atoms with van der Waals surface area (Å²) < 4.78 is 5.77. The Labute approximate surface area is 101 Å². The predicted molar refractivity (Wildman–Crippen MR) is 63.9 cm³/mol.